The minimum absolute atomic E-state index is 0.407. The second kappa shape index (κ2) is 5.97. The zero-order valence-corrected chi connectivity index (χ0v) is 11.4. The number of para-hydroxylation sites is 1. The maximum absolute atomic E-state index is 5.97. The van der Waals surface area contributed by atoms with Crippen molar-refractivity contribution in [2.24, 2.45) is 7.05 Å². The third kappa shape index (κ3) is 3.08. The molecule has 18 heavy (non-hydrogen) atoms. The molecule has 7 heteroatoms. The highest BCUT2D eigenvalue weighted by Crippen LogP contribution is 2.23. The summed E-state index contributed by atoms with van der Waals surface area (Å²) in [6.45, 7) is 0.543. The summed E-state index contributed by atoms with van der Waals surface area (Å²) in [5.74, 6) is 1.85. The molecule has 1 aromatic carbocycles. The van der Waals surface area contributed by atoms with Crippen LogP contribution < -0.4 is 10.5 Å². The Balaban J connectivity index is 1.80. The number of nitrogens with zero attached hydrogens (tertiary/aromatic N) is 3. The van der Waals surface area contributed by atoms with Gasteiger partial charge in [0, 0.05) is 12.8 Å². The number of nitrogen functional groups attached to an aromatic ring is 1. The van der Waals surface area contributed by atoms with Gasteiger partial charge in [-0.05, 0) is 12.1 Å². The molecule has 2 N–H and O–H groups in total. The predicted octanol–water partition coefficient (Wildman–Crippen LogP) is 2.22. The van der Waals surface area contributed by atoms with Gasteiger partial charge in [-0.3, -0.25) is 4.57 Å². The fraction of sp³-hybridized carbons (Fsp3) is 0.273. The molecule has 0 fully saturated rings. The average Bonchev–Trinajstić information content (AvgIpc) is 2.68. The smallest absolute Gasteiger partial charge is 0.222 e. The van der Waals surface area contributed by atoms with E-state index in [1.165, 1.54) is 11.8 Å². The van der Waals surface area contributed by atoms with Crippen molar-refractivity contribution in [3.8, 4) is 5.75 Å². The Morgan fingerprint density at radius 2 is 2.17 bits per heavy atom. The van der Waals surface area contributed by atoms with Crippen LogP contribution in [-0.2, 0) is 7.05 Å². The molecule has 0 saturated carbocycles. The number of rotatable bonds is 5. The van der Waals surface area contributed by atoms with Gasteiger partial charge in [-0.1, -0.05) is 35.5 Å². The van der Waals surface area contributed by atoms with E-state index in [9.17, 15) is 0 Å². The normalized spacial score (nSPS) is 10.6. The highest BCUT2D eigenvalue weighted by atomic mass is 35.5. The number of thioether (sulfide) groups is 1. The number of nitrogens with two attached hydrogens (primary N) is 1. The summed E-state index contributed by atoms with van der Waals surface area (Å²) in [5.41, 5.74) is 5.58. The van der Waals surface area contributed by atoms with Crippen molar-refractivity contribution >= 4 is 29.3 Å². The Bertz CT molecular complexity index is 532. The van der Waals surface area contributed by atoms with Gasteiger partial charge in [-0.25, -0.2) is 0 Å². The summed E-state index contributed by atoms with van der Waals surface area (Å²) in [7, 11) is 1.83. The Labute approximate surface area is 114 Å². The number of ether oxygens (including phenoxy) is 1. The van der Waals surface area contributed by atoms with Gasteiger partial charge < -0.3 is 10.5 Å². The molecule has 0 aliphatic carbocycles. The van der Waals surface area contributed by atoms with Gasteiger partial charge in [0.1, 0.15) is 5.75 Å². The third-order valence-corrected chi connectivity index (χ3v) is 3.57. The number of hydrogen-bond acceptors (Lipinski definition) is 5. The van der Waals surface area contributed by atoms with E-state index in [1.807, 2.05) is 25.2 Å². The maximum atomic E-state index is 5.97. The molecule has 1 heterocycles. The molecule has 0 aliphatic heterocycles. The highest BCUT2D eigenvalue weighted by molar-refractivity contribution is 7.99. The molecule has 0 radical (unpaired) electrons. The zero-order valence-electron chi connectivity index (χ0n) is 9.84. The van der Waals surface area contributed by atoms with E-state index in [-0.39, 0.29) is 0 Å². The van der Waals surface area contributed by atoms with Crippen LogP contribution in [0.1, 0.15) is 0 Å². The third-order valence-electron chi connectivity index (χ3n) is 2.28. The van der Waals surface area contributed by atoms with E-state index in [1.54, 1.807) is 10.6 Å². The molecular weight excluding hydrogens is 272 g/mol. The Morgan fingerprint density at radius 1 is 1.39 bits per heavy atom. The quantitative estimate of drug-likeness (QED) is 0.674. The number of anilines is 1. The first-order valence-electron chi connectivity index (χ1n) is 5.33. The van der Waals surface area contributed by atoms with Gasteiger partial charge in [-0.15, -0.1) is 10.2 Å². The summed E-state index contributed by atoms with van der Waals surface area (Å²) in [4.78, 5) is 0. The number of benzene rings is 1. The molecule has 96 valence electrons. The number of aromatic nitrogens is 3. The predicted molar refractivity (Wildman–Crippen MR) is 73.1 cm³/mol. The van der Waals surface area contributed by atoms with E-state index >= 15 is 0 Å². The molecule has 0 unspecified atom stereocenters. The molecule has 0 amide bonds. The van der Waals surface area contributed by atoms with Crippen molar-refractivity contribution < 1.29 is 4.74 Å². The van der Waals surface area contributed by atoms with Gasteiger partial charge in [0.05, 0.1) is 11.6 Å². The minimum Gasteiger partial charge on any atom is -0.491 e. The van der Waals surface area contributed by atoms with Crippen LogP contribution in [0.4, 0.5) is 5.95 Å². The number of halogens is 1. The molecule has 5 nitrogen and oxygen atoms in total. The lowest BCUT2D eigenvalue weighted by Crippen LogP contribution is -2.03. The molecule has 0 bridgehead atoms. The molecule has 2 rings (SSSR count). The molecule has 2 aromatic rings. The summed E-state index contributed by atoms with van der Waals surface area (Å²) in [5, 5.41) is 9.11. The van der Waals surface area contributed by atoms with Gasteiger partial charge in [0.25, 0.3) is 0 Å². The Kier molecular flexibility index (Phi) is 4.33. The molecular formula is C11H13ClN4OS. The molecule has 0 aliphatic rings. The van der Waals surface area contributed by atoms with Crippen LogP contribution in [0, 0.1) is 0 Å². The lowest BCUT2D eigenvalue weighted by atomic mass is 10.3. The van der Waals surface area contributed by atoms with Gasteiger partial charge in [0.2, 0.25) is 5.95 Å². The van der Waals surface area contributed by atoms with Crippen LogP contribution >= 0.6 is 23.4 Å². The van der Waals surface area contributed by atoms with Crippen LogP contribution in [0.2, 0.25) is 5.02 Å². The van der Waals surface area contributed by atoms with Crippen LogP contribution in [0.15, 0.2) is 29.4 Å². The fourth-order valence-electron chi connectivity index (χ4n) is 1.30. The van der Waals surface area contributed by atoms with Crippen molar-refractivity contribution in [1.82, 2.24) is 14.8 Å². The molecule has 0 atom stereocenters. The molecule has 1 aromatic heterocycles. The zero-order chi connectivity index (χ0) is 13.0. The first-order chi connectivity index (χ1) is 8.68. The summed E-state index contributed by atoms with van der Waals surface area (Å²) in [6.07, 6.45) is 0. The SMILES string of the molecule is Cn1c(N)nnc1SCCOc1ccccc1Cl. The van der Waals surface area contributed by atoms with E-state index in [4.69, 9.17) is 22.1 Å². The van der Waals surface area contributed by atoms with Crippen LogP contribution in [0.3, 0.4) is 0 Å². The van der Waals surface area contributed by atoms with Crippen LogP contribution in [-0.4, -0.2) is 27.1 Å². The van der Waals surface area contributed by atoms with Crippen molar-refractivity contribution in [3.63, 3.8) is 0 Å². The van der Waals surface area contributed by atoms with E-state index in [2.05, 4.69) is 10.2 Å². The Morgan fingerprint density at radius 3 is 2.83 bits per heavy atom. The van der Waals surface area contributed by atoms with Crippen LogP contribution in [0.25, 0.3) is 0 Å². The first-order valence-corrected chi connectivity index (χ1v) is 6.70. The Hall–Kier alpha value is -1.40. The largest absolute Gasteiger partial charge is 0.491 e. The molecule has 0 saturated heterocycles. The van der Waals surface area contributed by atoms with Gasteiger partial charge >= 0.3 is 0 Å². The van der Waals surface area contributed by atoms with Crippen molar-refractivity contribution in [1.29, 1.82) is 0 Å². The lowest BCUT2D eigenvalue weighted by molar-refractivity contribution is 0.344. The van der Waals surface area contributed by atoms with Crippen molar-refractivity contribution in [2.45, 2.75) is 5.16 Å². The maximum Gasteiger partial charge on any atom is 0.222 e. The summed E-state index contributed by atoms with van der Waals surface area (Å²) < 4.78 is 7.30. The lowest BCUT2D eigenvalue weighted by Gasteiger charge is -2.07. The summed E-state index contributed by atoms with van der Waals surface area (Å²) >= 11 is 7.51. The van der Waals surface area contributed by atoms with Crippen molar-refractivity contribution in [2.75, 3.05) is 18.1 Å². The fourth-order valence-corrected chi connectivity index (χ4v) is 2.22. The number of hydrogen-bond donors (Lipinski definition) is 1. The topological polar surface area (TPSA) is 66.0 Å². The van der Waals surface area contributed by atoms with Crippen molar-refractivity contribution in [3.05, 3.63) is 29.3 Å². The highest BCUT2D eigenvalue weighted by Gasteiger charge is 2.06. The minimum atomic E-state index is 0.407. The monoisotopic (exact) mass is 284 g/mol. The van der Waals surface area contributed by atoms with Gasteiger partial charge in [-0.2, -0.15) is 0 Å². The molecule has 0 spiro atoms. The standard InChI is InChI=1S/C11H13ClN4OS/c1-16-10(13)14-15-11(16)18-7-6-17-9-5-3-2-4-8(9)12/h2-5H,6-7H2,1H3,(H2,13,14). The first kappa shape index (κ1) is 13.0. The average molecular weight is 285 g/mol. The van der Waals surface area contributed by atoms with E-state index < -0.39 is 0 Å². The van der Waals surface area contributed by atoms with Gasteiger partial charge in [0.15, 0.2) is 5.16 Å². The summed E-state index contributed by atoms with van der Waals surface area (Å²) in [6, 6.07) is 7.39. The van der Waals surface area contributed by atoms with E-state index in [0.717, 1.165) is 10.9 Å². The van der Waals surface area contributed by atoms with E-state index in [0.29, 0.717) is 23.3 Å². The second-order valence-electron chi connectivity index (χ2n) is 3.53. The van der Waals surface area contributed by atoms with Crippen LogP contribution in [0.5, 0.6) is 5.75 Å². The second-order valence-corrected chi connectivity index (χ2v) is 5.00.